The number of rotatable bonds is 5. The van der Waals surface area contributed by atoms with Gasteiger partial charge < -0.3 is 30.3 Å². The number of fused-ring (bicyclic) bond motifs is 2. The minimum absolute atomic E-state index is 0.0465. The second-order valence-electron chi connectivity index (χ2n) is 12.2. The van der Waals surface area contributed by atoms with Gasteiger partial charge in [0.15, 0.2) is 0 Å². The first-order valence-electron chi connectivity index (χ1n) is 16.1. The van der Waals surface area contributed by atoms with Gasteiger partial charge in [-0.1, -0.05) is 68.7 Å². The zero-order valence-electron chi connectivity index (χ0n) is 27.0. The van der Waals surface area contributed by atoms with Crippen LogP contribution in [0, 0.1) is 11.8 Å². The Balaban J connectivity index is 1.78. The van der Waals surface area contributed by atoms with Crippen molar-refractivity contribution in [2.45, 2.75) is 103 Å². The fourth-order valence-corrected chi connectivity index (χ4v) is 5.70. The molecule has 45 heavy (non-hydrogen) atoms. The Labute approximate surface area is 267 Å². The van der Waals surface area contributed by atoms with Gasteiger partial charge in [0.1, 0.15) is 17.9 Å². The van der Waals surface area contributed by atoms with Gasteiger partial charge in [-0.05, 0) is 62.8 Å². The van der Waals surface area contributed by atoms with E-state index in [1.807, 2.05) is 44.2 Å². The van der Waals surface area contributed by atoms with Crippen LogP contribution in [0.5, 0.6) is 5.75 Å². The molecule has 4 N–H and O–H groups in total. The molecule has 1 heterocycles. The first-order chi connectivity index (χ1) is 21.6. The Morgan fingerprint density at radius 1 is 1.07 bits per heavy atom. The smallest absolute Gasteiger partial charge is 0.328 e. The number of methoxy groups -OCH3 is 1. The van der Waals surface area contributed by atoms with Crippen LogP contribution in [0.3, 0.4) is 0 Å². The summed E-state index contributed by atoms with van der Waals surface area (Å²) < 4.78 is 11.4. The molecule has 9 nitrogen and oxygen atoms in total. The van der Waals surface area contributed by atoms with Gasteiger partial charge >= 0.3 is 5.97 Å². The lowest BCUT2D eigenvalue weighted by Crippen LogP contribution is -2.45. The van der Waals surface area contributed by atoms with Crippen LogP contribution in [0.1, 0.15) is 77.7 Å². The number of phenols is 1. The summed E-state index contributed by atoms with van der Waals surface area (Å²) in [6.07, 6.45) is 17.4. The number of phenolic OH excluding ortho intramolecular Hbond substituents is 1. The Morgan fingerprint density at radius 3 is 2.53 bits per heavy atom. The van der Waals surface area contributed by atoms with E-state index in [2.05, 4.69) is 10.6 Å². The van der Waals surface area contributed by atoms with E-state index in [4.69, 9.17) is 9.47 Å². The van der Waals surface area contributed by atoms with Gasteiger partial charge in [0.05, 0.1) is 18.6 Å². The second-order valence-corrected chi connectivity index (χ2v) is 12.2. The molecule has 0 radical (unpaired) electrons. The molecule has 2 bridgehead atoms. The molecule has 0 spiro atoms. The first kappa shape index (κ1) is 35.8. The number of aliphatic hydroxyl groups is 1. The molecule has 1 aromatic rings. The van der Waals surface area contributed by atoms with E-state index in [1.165, 1.54) is 13.2 Å². The summed E-state index contributed by atoms with van der Waals surface area (Å²) in [5.74, 6) is -1.33. The summed E-state index contributed by atoms with van der Waals surface area (Å²) in [5.41, 5.74) is 2.06. The van der Waals surface area contributed by atoms with E-state index >= 15 is 0 Å². The number of carbonyl (C=O) groups excluding carboxylic acids is 3. The number of aryl methyl sites for hydroxylation is 1. The lowest BCUT2D eigenvalue weighted by molar-refractivity contribution is -0.156. The van der Waals surface area contributed by atoms with Gasteiger partial charge in [0, 0.05) is 37.1 Å². The molecule has 2 amide bonds. The first-order valence-corrected chi connectivity index (χ1v) is 16.1. The number of ether oxygens (including phenoxy) is 2. The van der Waals surface area contributed by atoms with E-state index in [1.54, 1.807) is 31.2 Å². The van der Waals surface area contributed by atoms with Crippen LogP contribution in [-0.4, -0.2) is 59.5 Å². The van der Waals surface area contributed by atoms with Gasteiger partial charge in [-0.25, -0.2) is 4.79 Å². The third-order valence-electron chi connectivity index (χ3n) is 8.52. The highest BCUT2D eigenvalue weighted by molar-refractivity contribution is 5.91. The van der Waals surface area contributed by atoms with Crippen molar-refractivity contribution in [1.29, 1.82) is 0 Å². The molecule has 1 saturated carbocycles. The fraction of sp³-hybridized carbons (Fsp3) is 0.528. The normalized spacial score (nSPS) is 28.2. The van der Waals surface area contributed by atoms with Gasteiger partial charge in [-0.15, -0.1) is 0 Å². The maximum Gasteiger partial charge on any atom is 0.328 e. The minimum atomic E-state index is -0.874. The molecule has 0 aromatic heterocycles. The number of nitrogens with one attached hydrogen (secondary N) is 2. The van der Waals surface area contributed by atoms with Crippen LogP contribution in [0.4, 0.5) is 5.69 Å². The predicted octanol–water partition coefficient (Wildman–Crippen LogP) is 5.68. The molecule has 1 fully saturated rings. The van der Waals surface area contributed by atoms with Crippen molar-refractivity contribution in [3.05, 3.63) is 71.9 Å². The Kier molecular flexibility index (Phi) is 14.6. The highest BCUT2D eigenvalue weighted by atomic mass is 16.5. The molecular formula is C36H50N2O7. The predicted molar refractivity (Wildman–Crippen MR) is 175 cm³/mol. The molecule has 1 aromatic carbocycles. The zero-order chi connectivity index (χ0) is 32.8. The topological polar surface area (TPSA) is 134 Å². The zero-order valence-corrected chi connectivity index (χ0v) is 27.0. The summed E-state index contributed by atoms with van der Waals surface area (Å²) in [6, 6.07) is 4.16. The summed E-state index contributed by atoms with van der Waals surface area (Å²) in [5, 5.41) is 27.2. The number of amides is 2. The molecule has 1 aliphatic carbocycles. The summed E-state index contributed by atoms with van der Waals surface area (Å²) in [4.78, 5) is 38.5. The lowest BCUT2D eigenvalue weighted by Gasteiger charge is -2.29. The van der Waals surface area contributed by atoms with Crippen LogP contribution >= 0.6 is 0 Å². The molecular weight excluding hydrogens is 572 g/mol. The monoisotopic (exact) mass is 622 g/mol. The molecule has 0 saturated heterocycles. The average molecular weight is 623 g/mol. The molecule has 2 aliphatic rings. The minimum Gasteiger partial charge on any atom is -0.508 e. The van der Waals surface area contributed by atoms with E-state index in [0.717, 1.165) is 43.2 Å². The summed E-state index contributed by atoms with van der Waals surface area (Å²) >= 11 is 0. The van der Waals surface area contributed by atoms with Crippen LogP contribution in [0.15, 0.2) is 66.3 Å². The summed E-state index contributed by atoms with van der Waals surface area (Å²) in [7, 11) is 1.54. The average Bonchev–Trinajstić information content (AvgIpc) is 3.01. The van der Waals surface area contributed by atoms with Crippen molar-refractivity contribution in [2.75, 3.05) is 12.4 Å². The number of benzene rings is 1. The Bertz CT molecular complexity index is 1260. The highest BCUT2D eigenvalue weighted by Crippen LogP contribution is 2.26. The summed E-state index contributed by atoms with van der Waals surface area (Å²) in [6.45, 7) is 5.33. The number of carbonyl (C=O) groups is 3. The maximum absolute atomic E-state index is 13.1. The second kappa shape index (κ2) is 18.3. The molecule has 246 valence electrons. The van der Waals surface area contributed by atoms with E-state index in [9.17, 15) is 24.6 Å². The van der Waals surface area contributed by atoms with Crippen molar-refractivity contribution in [3.8, 4) is 5.75 Å². The third-order valence-corrected chi connectivity index (χ3v) is 8.52. The maximum atomic E-state index is 13.1. The molecule has 1 aliphatic heterocycles. The van der Waals surface area contributed by atoms with E-state index < -0.39 is 36.2 Å². The Morgan fingerprint density at radius 2 is 1.80 bits per heavy atom. The molecule has 0 unspecified atom stereocenters. The number of hydrogen-bond acceptors (Lipinski definition) is 7. The number of aromatic hydroxyl groups is 1. The quantitative estimate of drug-likeness (QED) is 0.245. The largest absolute Gasteiger partial charge is 0.508 e. The number of allylic oxidation sites excluding steroid dienone is 5. The highest BCUT2D eigenvalue weighted by Gasteiger charge is 2.31. The molecule has 9 heteroatoms. The van der Waals surface area contributed by atoms with Crippen LogP contribution in [-0.2, 0) is 30.3 Å². The van der Waals surface area contributed by atoms with Crippen LogP contribution in [0.25, 0.3) is 0 Å². The lowest BCUT2D eigenvalue weighted by atomic mass is 9.88. The van der Waals surface area contributed by atoms with Crippen molar-refractivity contribution in [3.63, 3.8) is 0 Å². The SMILES string of the molecule is CO[C@H]1/C=C/C=C/C=C/C[C@H](OC(=O)[C@@H](C)NC(=O)C2CCCCC2)[C@H](C)[C@@H](O)/C(C)=C\CCc2cc(O)cc(c2)NC(=O)C1. The van der Waals surface area contributed by atoms with Crippen molar-refractivity contribution in [2.24, 2.45) is 11.8 Å². The van der Waals surface area contributed by atoms with Crippen molar-refractivity contribution in [1.82, 2.24) is 5.32 Å². The van der Waals surface area contributed by atoms with E-state index in [0.29, 0.717) is 24.9 Å². The molecule has 5 atom stereocenters. The number of anilines is 1. The van der Waals surface area contributed by atoms with Crippen LogP contribution in [0.2, 0.25) is 0 Å². The molecule has 3 rings (SSSR count). The van der Waals surface area contributed by atoms with Crippen LogP contribution < -0.4 is 10.6 Å². The number of hydrogen-bond donors (Lipinski definition) is 4. The van der Waals surface area contributed by atoms with Gasteiger partial charge in [0.25, 0.3) is 0 Å². The van der Waals surface area contributed by atoms with Gasteiger partial charge in [0.2, 0.25) is 11.8 Å². The number of esters is 1. The van der Waals surface area contributed by atoms with Gasteiger partial charge in [-0.3, -0.25) is 9.59 Å². The third kappa shape index (κ3) is 12.0. The number of aliphatic hydroxyl groups excluding tert-OH is 1. The Hall–Kier alpha value is -3.69. The standard InChI is InChI=1S/C36H50N2O7/c1-24-14-13-15-27-20-29(22-30(39)21-27)38-33(40)23-31(44-4)18-11-6-5-7-12-19-32(25(2)34(24)41)45-36(43)26(3)37-35(42)28-16-9-8-10-17-28/h5-7,11-12,14,18,20-22,25-26,28,31-32,34,39,41H,8-10,13,15-17,19,23H2,1-4H3,(H,37,42)(H,38,40)/b6-5+,12-7+,18-11+,24-14-/t25-,26+,31-,32-,34-/m0/s1. The van der Waals surface area contributed by atoms with Crippen molar-refractivity contribution < 1.29 is 34.1 Å². The van der Waals surface area contributed by atoms with Gasteiger partial charge in [-0.2, -0.15) is 0 Å². The van der Waals surface area contributed by atoms with E-state index in [-0.39, 0.29) is 29.9 Å². The fourth-order valence-electron chi connectivity index (χ4n) is 5.70. The van der Waals surface area contributed by atoms with Crippen molar-refractivity contribution >= 4 is 23.5 Å².